The number of halogens is 1. The van der Waals surface area contributed by atoms with E-state index in [9.17, 15) is 0 Å². The third kappa shape index (κ3) is 5.19. The van der Waals surface area contributed by atoms with Crippen LogP contribution in [0.3, 0.4) is 0 Å². The first-order valence-electron chi connectivity index (χ1n) is 7.41. The van der Waals surface area contributed by atoms with Crippen LogP contribution in [0.1, 0.15) is 51.2 Å². The molecule has 0 saturated heterocycles. The van der Waals surface area contributed by atoms with Crippen LogP contribution in [0.25, 0.3) is 0 Å². The zero-order valence-corrected chi connectivity index (χ0v) is 14.7. The van der Waals surface area contributed by atoms with Crippen molar-refractivity contribution in [2.24, 2.45) is 0 Å². The SMILES string of the molecule is CCCOCCOC(C)(CBr)c1ccc(C(C)C)cc1. The lowest BCUT2D eigenvalue weighted by Crippen LogP contribution is -2.29. The average Bonchev–Trinajstić information content (AvgIpc) is 2.47. The normalized spacial score (nSPS) is 14.5. The Morgan fingerprint density at radius 2 is 1.75 bits per heavy atom. The molecule has 0 aliphatic rings. The van der Waals surface area contributed by atoms with E-state index < -0.39 is 0 Å². The van der Waals surface area contributed by atoms with Crippen molar-refractivity contribution in [1.29, 1.82) is 0 Å². The van der Waals surface area contributed by atoms with Gasteiger partial charge < -0.3 is 9.47 Å². The predicted molar refractivity (Wildman–Crippen MR) is 88.7 cm³/mol. The van der Waals surface area contributed by atoms with Crippen LogP contribution in [-0.2, 0) is 15.1 Å². The van der Waals surface area contributed by atoms with Crippen molar-refractivity contribution in [1.82, 2.24) is 0 Å². The highest BCUT2D eigenvalue weighted by Gasteiger charge is 2.26. The zero-order chi connectivity index (χ0) is 15.0. The molecule has 1 atom stereocenters. The van der Waals surface area contributed by atoms with E-state index in [-0.39, 0.29) is 5.60 Å². The lowest BCUT2D eigenvalue weighted by Gasteiger charge is -2.29. The Labute approximate surface area is 132 Å². The highest BCUT2D eigenvalue weighted by atomic mass is 79.9. The molecular formula is C17H27BrO2. The van der Waals surface area contributed by atoms with Gasteiger partial charge in [0.25, 0.3) is 0 Å². The molecule has 0 heterocycles. The standard InChI is InChI=1S/C17H27BrO2/c1-5-10-19-11-12-20-17(4,13-18)16-8-6-15(7-9-16)14(2)3/h6-9,14H,5,10-13H2,1-4H3. The van der Waals surface area contributed by atoms with Crippen LogP contribution < -0.4 is 0 Å². The third-order valence-electron chi connectivity index (χ3n) is 3.44. The molecule has 1 rings (SSSR count). The zero-order valence-electron chi connectivity index (χ0n) is 13.1. The molecule has 1 aromatic rings. The topological polar surface area (TPSA) is 18.5 Å². The average molecular weight is 343 g/mol. The summed E-state index contributed by atoms with van der Waals surface area (Å²) in [5.41, 5.74) is 2.26. The molecule has 114 valence electrons. The van der Waals surface area contributed by atoms with Crippen molar-refractivity contribution in [2.45, 2.75) is 45.6 Å². The molecule has 1 unspecified atom stereocenters. The summed E-state index contributed by atoms with van der Waals surface area (Å²) in [4.78, 5) is 0. The van der Waals surface area contributed by atoms with Crippen molar-refractivity contribution < 1.29 is 9.47 Å². The van der Waals surface area contributed by atoms with Crippen LogP contribution >= 0.6 is 15.9 Å². The van der Waals surface area contributed by atoms with Crippen molar-refractivity contribution in [2.75, 3.05) is 25.2 Å². The minimum atomic E-state index is -0.301. The van der Waals surface area contributed by atoms with Gasteiger partial charge in [0.15, 0.2) is 0 Å². The van der Waals surface area contributed by atoms with Crippen molar-refractivity contribution in [3.8, 4) is 0 Å². The number of hydrogen-bond acceptors (Lipinski definition) is 2. The summed E-state index contributed by atoms with van der Waals surface area (Å²) in [7, 11) is 0. The van der Waals surface area contributed by atoms with Crippen molar-refractivity contribution in [3.63, 3.8) is 0 Å². The monoisotopic (exact) mass is 342 g/mol. The van der Waals surface area contributed by atoms with Gasteiger partial charge in [-0.1, -0.05) is 61.0 Å². The molecule has 0 saturated carbocycles. The van der Waals surface area contributed by atoms with Gasteiger partial charge in [-0.25, -0.2) is 0 Å². The Bertz CT molecular complexity index is 375. The van der Waals surface area contributed by atoms with E-state index in [4.69, 9.17) is 9.47 Å². The lowest BCUT2D eigenvalue weighted by molar-refractivity contribution is -0.0457. The van der Waals surface area contributed by atoms with Gasteiger partial charge in [-0.05, 0) is 30.4 Å². The predicted octanol–water partition coefficient (Wildman–Crippen LogP) is 4.86. The van der Waals surface area contributed by atoms with Gasteiger partial charge in [-0.15, -0.1) is 0 Å². The number of hydrogen-bond donors (Lipinski definition) is 0. The number of rotatable bonds is 9. The molecule has 1 aromatic carbocycles. The van der Waals surface area contributed by atoms with Crippen LogP contribution in [0.4, 0.5) is 0 Å². The van der Waals surface area contributed by atoms with Gasteiger partial charge in [0.1, 0.15) is 5.60 Å². The number of ether oxygens (including phenoxy) is 2. The first-order valence-corrected chi connectivity index (χ1v) is 8.53. The van der Waals surface area contributed by atoms with Crippen molar-refractivity contribution in [3.05, 3.63) is 35.4 Å². The lowest BCUT2D eigenvalue weighted by atomic mass is 9.94. The van der Waals surface area contributed by atoms with Gasteiger partial charge in [0.05, 0.1) is 13.2 Å². The molecule has 0 amide bonds. The first-order chi connectivity index (χ1) is 9.53. The third-order valence-corrected chi connectivity index (χ3v) is 4.51. The van der Waals surface area contributed by atoms with Crippen LogP contribution in [0.15, 0.2) is 24.3 Å². The van der Waals surface area contributed by atoms with Crippen LogP contribution in [0.5, 0.6) is 0 Å². The Morgan fingerprint density at radius 3 is 2.25 bits per heavy atom. The second-order valence-corrected chi connectivity index (χ2v) is 6.16. The number of alkyl halides is 1. The molecule has 0 aromatic heterocycles. The summed E-state index contributed by atoms with van der Waals surface area (Å²) in [6.45, 7) is 10.7. The summed E-state index contributed by atoms with van der Waals surface area (Å²) in [6.07, 6.45) is 1.05. The number of benzene rings is 1. The van der Waals surface area contributed by atoms with Crippen LogP contribution in [0.2, 0.25) is 0 Å². The smallest absolute Gasteiger partial charge is 0.100 e. The molecule has 3 heteroatoms. The van der Waals surface area contributed by atoms with Crippen LogP contribution in [-0.4, -0.2) is 25.2 Å². The Morgan fingerprint density at radius 1 is 1.10 bits per heavy atom. The van der Waals surface area contributed by atoms with E-state index in [1.165, 1.54) is 11.1 Å². The van der Waals surface area contributed by atoms with E-state index in [2.05, 4.69) is 67.9 Å². The minimum Gasteiger partial charge on any atom is -0.379 e. The molecule has 2 nitrogen and oxygen atoms in total. The summed E-state index contributed by atoms with van der Waals surface area (Å²) in [5.74, 6) is 0.558. The maximum atomic E-state index is 6.04. The fourth-order valence-electron chi connectivity index (χ4n) is 1.99. The summed E-state index contributed by atoms with van der Waals surface area (Å²) in [5, 5.41) is 0.773. The quantitative estimate of drug-likeness (QED) is 0.471. The Kier molecular flexibility index (Phi) is 7.78. The molecule has 0 aliphatic heterocycles. The fourth-order valence-corrected chi connectivity index (χ4v) is 2.48. The molecule has 0 spiro atoms. The maximum absolute atomic E-state index is 6.04. The summed E-state index contributed by atoms with van der Waals surface area (Å²) >= 11 is 3.57. The highest BCUT2D eigenvalue weighted by Crippen LogP contribution is 2.28. The Hall–Kier alpha value is -0.380. The minimum absolute atomic E-state index is 0.301. The summed E-state index contributed by atoms with van der Waals surface area (Å²) < 4.78 is 11.5. The van der Waals surface area contributed by atoms with Gasteiger partial charge >= 0.3 is 0 Å². The van der Waals surface area contributed by atoms with E-state index in [1.54, 1.807) is 0 Å². The van der Waals surface area contributed by atoms with Gasteiger partial charge in [-0.2, -0.15) is 0 Å². The van der Waals surface area contributed by atoms with E-state index in [0.29, 0.717) is 19.1 Å². The largest absolute Gasteiger partial charge is 0.379 e. The molecule has 0 radical (unpaired) electrons. The maximum Gasteiger partial charge on any atom is 0.100 e. The highest BCUT2D eigenvalue weighted by molar-refractivity contribution is 9.09. The van der Waals surface area contributed by atoms with Gasteiger partial charge in [-0.3, -0.25) is 0 Å². The Balaban J connectivity index is 2.62. The van der Waals surface area contributed by atoms with Crippen molar-refractivity contribution >= 4 is 15.9 Å². The first kappa shape index (κ1) is 17.7. The van der Waals surface area contributed by atoms with Gasteiger partial charge in [0, 0.05) is 11.9 Å². The van der Waals surface area contributed by atoms with Gasteiger partial charge in [0.2, 0.25) is 0 Å². The molecular weight excluding hydrogens is 316 g/mol. The molecule has 0 fully saturated rings. The molecule has 0 N–H and O–H groups in total. The fraction of sp³-hybridized carbons (Fsp3) is 0.647. The molecule has 20 heavy (non-hydrogen) atoms. The second-order valence-electron chi connectivity index (χ2n) is 5.60. The van der Waals surface area contributed by atoms with E-state index in [0.717, 1.165) is 18.4 Å². The summed E-state index contributed by atoms with van der Waals surface area (Å²) in [6, 6.07) is 8.72. The molecule has 0 bridgehead atoms. The second kappa shape index (κ2) is 8.81. The van der Waals surface area contributed by atoms with E-state index >= 15 is 0 Å². The van der Waals surface area contributed by atoms with E-state index in [1.807, 2.05) is 0 Å². The molecule has 0 aliphatic carbocycles. The van der Waals surface area contributed by atoms with Crippen LogP contribution in [0, 0.1) is 0 Å².